The monoisotopic (exact) mass is 439 g/mol. The molecule has 3 aromatic heterocycles. The number of benzene rings is 2. The number of pyridine rings is 1. The van der Waals surface area contributed by atoms with E-state index in [4.69, 9.17) is 0 Å². The third-order valence-electron chi connectivity index (χ3n) is 5.38. The van der Waals surface area contributed by atoms with Crippen molar-refractivity contribution in [1.82, 2.24) is 29.7 Å². The van der Waals surface area contributed by atoms with Crippen LogP contribution in [0.3, 0.4) is 0 Å². The molecule has 5 rings (SSSR count). The molecule has 1 amide bonds. The number of rotatable bonds is 6. The van der Waals surface area contributed by atoms with Gasteiger partial charge in [0.15, 0.2) is 5.65 Å². The van der Waals surface area contributed by atoms with Crippen molar-refractivity contribution in [2.75, 3.05) is 5.43 Å². The van der Waals surface area contributed by atoms with Gasteiger partial charge in [-0.05, 0) is 30.7 Å². The number of nitrogens with one attached hydrogen (secondary N) is 2. The maximum absolute atomic E-state index is 12.8. The Hall–Kier alpha value is -4.53. The van der Waals surface area contributed by atoms with Crippen molar-refractivity contribution in [1.29, 1.82) is 0 Å². The first kappa shape index (κ1) is 20.4. The van der Waals surface area contributed by atoms with Gasteiger partial charge in [0.25, 0.3) is 11.5 Å². The van der Waals surface area contributed by atoms with Crippen LogP contribution in [0.25, 0.3) is 21.9 Å². The zero-order valence-corrected chi connectivity index (χ0v) is 17.9. The van der Waals surface area contributed by atoms with Gasteiger partial charge in [-0.2, -0.15) is 5.10 Å². The summed E-state index contributed by atoms with van der Waals surface area (Å²) in [6.07, 6.45) is 3.19. The number of hydrogen-bond donors (Lipinski definition) is 2. The van der Waals surface area contributed by atoms with E-state index in [-0.39, 0.29) is 11.5 Å². The van der Waals surface area contributed by atoms with Crippen molar-refractivity contribution in [3.63, 3.8) is 0 Å². The van der Waals surface area contributed by atoms with Gasteiger partial charge in [0, 0.05) is 18.1 Å². The Bertz CT molecular complexity index is 1520. The summed E-state index contributed by atoms with van der Waals surface area (Å²) in [4.78, 5) is 34.4. The van der Waals surface area contributed by atoms with Gasteiger partial charge >= 0.3 is 0 Å². The SMILES string of the molecule is CCn1c(NNC(=O)c2cnc3c(cnn3Cc3ccccc3)c2)nc2ccccc2c1=O. The number of fused-ring (bicyclic) bond motifs is 2. The second-order valence-corrected chi connectivity index (χ2v) is 7.51. The number of carbonyl (C=O) groups is 1. The minimum absolute atomic E-state index is 0.172. The third kappa shape index (κ3) is 3.91. The quantitative estimate of drug-likeness (QED) is 0.394. The van der Waals surface area contributed by atoms with Crippen LogP contribution in [0.1, 0.15) is 22.8 Å². The van der Waals surface area contributed by atoms with E-state index in [1.807, 2.05) is 43.3 Å². The molecular weight excluding hydrogens is 418 g/mol. The first-order chi connectivity index (χ1) is 16.1. The predicted octanol–water partition coefficient (Wildman–Crippen LogP) is 2.97. The Morgan fingerprint density at radius 3 is 2.64 bits per heavy atom. The Morgan fingerprint density at radius 1 is 1.03 bits per heavy atom. The first-order valence-electron chi connectivity index (χ1n) is 10.6. The maximum atomic E-state index is 12.8. The molecule has 2 N–H and O–H groups in total. The summed E-state index contributed by atoms with van der Waals surface area (Å²) in [6.45, 7) is 2.84. The zero-order valence-electron chi connectivity index (χ0n) is 17.9. The minimum Gasteiger partial charge on any atom is -0.277 e. The van der Waals surface area contributed by atoms with E-state index >= 15 is 0 Å². The second kappa shape index (κ2) is 8.54. The molecule has 0 radical (unpaired) electrons. The normalized spacial score (nSPS) is 11.1. The smallest absolute Gasteiger partial charge is 0.271 e. The van der Waals surface area contributed by atoms with Gasteiger partial charge in [-0.25, -0.2) is 14.6 Å². The number of aromatic nitrogens is 5. The van der Waals surface area contributed by atoms with Crippen molar-refractivity contribution < 1.29 is 4.79 Å². The molecule has 0 fully saturated rings. The van der Waals surface area contributed by atoms with E-state index in [9.17, 15) is 9.59 Å². The van der Waals surface area contributed by atoms with Crippen LogP contribution in [0, 0.1) is 0 Å². The zero-order chi connectivity index (χ0) is 22.8. The van der Waals surface area contributed by atoms with Gasteiger partial charge in [-0.1, -0.05) is 42.5 Å². The van der Waals surface area contributed by atoms with Gasteiger partial charge in [0.2, 0.25) is 5.95 Å². The molecule has 0 bridgehead atoms. The Balaban J connectivity index is 1.36. The molecule has 0 aliphatic carbocycles. The van der Waals surface area contributed by atoms with Crippen molar-refractivity contribution in [3.8, 4) is 0 Å². The van der Waals surface area contributed by atoms with Gasteiger partial charge < -0.3 is 0 Å². The van der Waals surface area contributed by atoms with E-state index in [1.165, 1.54) is 10.8 Å². The molecule has 2 aromatic carbocycles. The van der Waals surface area contributed by atoms with Gasteiger partial charge in [-0.3, -0.25) is 25.0 Å². The Kier molecular flexibility index (Phi) is 5.27. The number of carbonyl (C=O) groups excluding carboxylic acids is 1. The van der Waals surface area contributed by atoms with Crippen LogP contribution in [-0.2, 0) is 13.1 Å². The predicted molar refractivity (Wildman–Crippen MR) is 126 cm³/mol. The van der Waals surface area contributed by atoms with E-state index in [2.05, 4.69) is 25.9 Å². The van der Waals surface area contributed by atoms with Gasteiger partial charge in [0.05, 0.1) is 29.2 Å². The third-order valence-corrected chi connectivity index (χ3v) is 5.38. The number of para-hydroxylation sites is 1. The number of nitrogens with zero attached hydrogens (tertiary/aromatic N) is 5. The molecule has 33 heavy (non-hydrogen) atoms. The van der Waals surface area contributed by atoms with Crippen LogP contribution in [0.15, 0.2) is 77.9 Å². The molecule has 9 nitrogen and oxygen atoms in total. The molecule has 0 saturated heterocycles. The number of amides is 1. The molecule has 5 aromatic rings. The fraction of sp³-hybridized carbons (Fsp3) is 0.125. The Morgan fingerprint density at radius 2 is 1.82 bits per heavy atom. The summed E-state index contributed by atoms with van der Waals surface area (Å²) in [7, 11) is 0. The largest absolute Gasteiger partial charge is 0.277 e. The van der Waals surface area contributed by atoms with E-state index < -0.39 is 5.91 Å². The van der Waals surface area contributed by atoms with Crippen molar-refractivity contribution in [3.05, 3.63) is 94.5 Å². The lowest BCUT2D eigenvalue weighted by molar-refractivity contribution is 0.0962. The highest BCUT2D eigenvalue weighted by Crippen LogP contribution is 2.15. The second-order valence-electron chi connectivity index (χ2n) is 7.51. The summed E-state index contributed by atoms with van der Waals surface area (Å²) in [5.74, 6) is -0.135. The van der Waals surface area contributed by atoms with Crippen molar-refractivity contribution >= 4 is 33.8 Å². The van der Waals surface area contributed by atoms with E-state index in [0.29, 0.717) is 35.2 Å². The molecule has 0 aliphatic heterocycles. The summed E-state index contributed by atoms with van der Waals surface area (Å²) in [5.41, 5.74) is 7.95. The average Bonchev–Trinajstić information content (AvgIpc) is 3.25. The van der Waals surface area contributed by atoms with Crippen LogP contribution in [0.4, 0.5) is 5.95 Å². The van der Waals surface area contributed by atoms with Crippen LogP contribution >= 0.6 is 0 Å². The molecule has 0 saturated carbocycles. The van der Waals surface area contributed by atoms with Crippen LogP contribution in [0.2, 0.25) is 0 Å². The maximum Gasteiger partial charge on any atom is 0.271 e. The van der Waals surface area contributed by atoms with Crippen LogP contribution < -0.4 is 16.4 Å². The first-order valence-corrected chi connectivity index (χ1v) is 10.6. The molecule has 3 heterocycles. The fourth-order valence-corrected chi connectivity index (χ4v) is 3.71. The van der Waals surface area contributed by atoms with Gasteiger partial charge in [0.1, 0.15) is 0 Å². The summed E-state index contributed by atoms with van der Waals surface area (Å²) >= 11 is 0. The molecule has 0 unspecified atom stereocenters. The molecule has 0 spiro atoms. The summed E-state index contributed by atoms with van der Waals surface area (Å²) < 4.78 is 3.27. The van der Waals surface area contributed by atoms with Gasteiger partial charge in [-0.15, -0.1) is 0 Å². The lowest BCUT2D eigenvalue weighted by Gasteiger charge is -2.14. The number of hydrazine groups is 1. The summed E-state index contributed by atoms with van der Waals surface area (Å²) in [6, 6.07) is 18.8. The highest BCUT2D eigenvalue weighted by Gasteiger charge is 2.13. The molecule has 0 atom stereocenters. The van der Waals surface area contributed by atoms with E-state index in [1.54, 1.807) is 35.1 Å². The molecule has 164 valence electrons. The molecular formula is C24H21N7O2. The minimum atomic E-state index is -0.398. The van der Waals surface area contributed by atoms with Crippen molar-refractivity contribution in [2.24, 2.45) is 0 Å². The highest BCUT2D eigenvalue weighted by molar-refractivity contribution is 5.97. The topological polar surface area (TPSA) is 107 Å². The lowest BCUT2D eigenvalue weighted by atomic mass is 10.2. The summed E-state index contributed by atoms with van der Waals surface area (Å²) in [5, 5.41) is 5.69. The van der Waals surface area contributed by atoms with E-state index in [0.717, 1.165) is 10.9 Å². The lowest BCUT2D eigenvalue weighted by Crippen LogP contribution is -2.34. The fourth-order valence-electron chi connectivity index (χ4n) is 3.71. The molecule has 9 heteroatoms. The molecule has 0 aliphatic rings. The number of hydrogen-bond acceptors (Lipinski definition) is 6. The standard InChI is InChI=1S/C24H21N7O2/c1-2-30-23(33)19-10-6-7-11-20(19)27-24(30)29-28-22(32)18-12-17-14-26-31(21(17)25-13-18)15-16-8-4-3-5-9-16/h3-14H,2,15H2,1H3,(H,27,29)(H,28,32). The van der Waals surface area contributed by atoms with Crippen LogP contribution in [0.5, 0.6) is 0 Å². The highest BCUT2D eigenvalue weighted by atomic mass is 16.2. The average molecular weight is 439 g/mol. The van der Waals surface area contributed by atoms with Crippen LogP contribution in [-0.4, -0.2) is 30.2 Å². The number of anilines is 1. The van der Waals surface area contributed by atoms with Crippen molar-refractivity contribution in [2.45, 2.75) is 20.0 Å². The Labute approximate surface area is 188 Å².